The van der Waals surface area contributed by atoms with Crippen molar-refractivity contribution >= 4 is 17.6 Å². The molecular weight excluding hydrogens is 266 g/mol. The van der Waals surface area contributed by atoms with E-state index >= 15 is 0 Å². The van der Waals surface area contributed by atoms with E-state index in [-0.39, 0.29) is 11.8 Å². The highest BCUT2D eigenvalue weighted by molar-refractivity contribution is 6.03. The molecule has 3 rings (SSSR count). The third-order valence-corrected chi connectivity index (χ3v) is 4.86. The molecule has 0 radical (unpaired) electrons. The number of rotatable bonds is 2. The zero-order valence-corrected chi connectivity index (χ0v) is 12.3. The van der Waals surface area contributed by atoms with E-state index in [4.69, 9.17) is 0 Å². The highest BCUT2D eigenvalue weighted by atomic mass is 16.4. The topological polar surface area (TPSA) is 57.6 Å². The maximum absolute atomic E-state index is 12.8. The summed E-state index contributed by atoms with van der Waals surface area (Å²) in [5, 5.41) is 9.45. The summed E-state index contributed by atoms with van der Waals surface area (Å²) in [5.74, 6) is -0.257. The van der Waals surface area contributed by atoms with Crippen molar-refractivity contribution in [3.8, 4) is 0 Å². The quantitative estimate of drug-likeness (QED) is 0.910. The van der Waals surface area contributed by atoms with Crippen LogP contribution >= 0.6 is 0 Å². The van der Waals surface area contributed by atoms with Crippen LogP contribution in [-0.4, -0.2) is 23.0 Å². The monoisotopic (exact) mass is 287 g/mol. The summed E-state index contributed by atoms with van der Waals surface area (Å²) in [7, 11) is 0. The van der Waals surface area contributed by atoms with E-state index in [1.165, 1.54) is 0 Å². The number of hydrogen-bond donors (Lipinski definition) is 1. The number of amides is 1. The lowest BCUT2D eigenvalue weighted by Gasteiger charge is -2.31. The molecule has 4 nitrogen and oxygen atoms in total. The Labute approximate surface area is 124 Å². The number of carbonyl (C=O) groups excluding carboxylic acids is 1. The third-order valence-electron chi connectivity index (χ3n) is 4.86. The summed E-state index contributed by atoms with van der Waals surface area (Å²) in [6.45, 7) is 2.21. The minimum Gasteiger partial charge on any atom is -0.480 e. The maximum Gasteiger partial charge on any atom is 0.327 e. The molecule has 2 aliphatic rings. The second-order valence-electron chi connectivity index (χ2n) is 6.35. The van der Waals surface area contributed by atoms with Crippen molar-refractivity contribution in [3.05, 3.63) is 29.8 Å². The van der Waals surface area contributed by atoms with Crippen LogP contribution in [0.15, 0.2) is 24.3 Å². The van der Waals surface area contributed by atoms with Gasteiger partial charge in [0.05, 0.1) is 0 Å². The number of nitrogens with zero attached hydrogens (tertiary/aromatic N) is 1. The molecule has 1 atom stereocenters. The van der Waals surface area contributed by atoms with E-state index in [9.17, 15) is 14.7 Å². The van der Waals surface area contributed by atoms with Gasteiger partial charge >= 0.3 is 5.97 Å². The van der Waals surface area contributed by atoms with Gasteiger partial charge in [-0.3, -0.25) is 9.69 Å². The lowest BCUT2D eigenvalue weighted by atomic mass is 9.82. The fraction of sp³-hybridized carbons (Fsp3) is 0.529. The number of hydrogen-bond acceptors (Lipinski definition) is 2. The zero-order valence-electron chi connectivity index (χ0n) is 12.3. The van der Waals surface area contributed by atoms with Crippen molar-refractivity contribution in [1.29, 1.82) is 0 Å². The van der Waals surface area contributed by atoms with Crippen LogP contribution in [-0.2, 0) is 16.0 Å². The first kappa shape index (κ1) is 14.1. The normalized spacial score (nSPS) is 28.2. The van der Waals surface area contributed by atoms with Crippen LogP contribution in [0, 0.1) is 11.8 Å². The molecule has 1 aromatic carbocycles. The molecule has 0 unspecified atom stereocenters. The first-order valence-corrected chi connectivity index (χ1v) is 7.71. The van der Waals surface area contributed by atoms with Crippen LogP contribution in [0.25, 0.3) is 0 Å². The molecule has 0 aromatic heterocycles. The summed E-state index contributed by atoms with van der Waals surface area (Å²) >= 11 is 0. The fourth-order valence-electron chi connectivity index (χ4n) is 3.56. The van der Waals surface area contributed by atoms with Crippen LogP contribution in [0.4, 0.5) is 5.69 Å². The summed E-state index contributed by atoms with van der Waals surface area (Å²) in [6.07, 6.45) is 4.30. The summed E-state index contributed by atoms with van der Waals surface area (Å²) in [4.78, 5) is 25.9. The first-order chi connectivity index (χ1) is 10.1. The smallest absolute Gasteiger partial charge is 0.327 e. The molecule has 1 amide bonds. The van der Waals surface area contributed by atoms with Crippen LogP contribution < -0.4 is 4.90 Å². The first-order valence-electron chi connectivity index (χ1n) is 7.71. The number of anilines is 1. The van der Waals surface area contributed by atoms with E-state index < -0.39 is 12.0 Å². The Kier molecular flexibility index (Phi) is 3.70. The predicted octanol–water partition coefficient (Wildman–Crippen LogP) is 2.86. The Morgan fingerprint density at radius 3 is 2.48 bits per heavy atom. The standard InChI is InChI=1S/C17H21NO3/c1-11-6-8-12(9-7-11)16(19)18-14-5-3-2-4-13(14)10-15(18)17(20)21/h2-5,11-12,15H,6-10H2,1H3,(H,20,21)/t11?,12?,15-/m0/s1. The Morgan fingerprint density at radius 2 is 1.81 bits per heavy atom. The molecule has 112 valence electrons. The van der Waals surface area contributed by atoms with Crippen molar-refractivity contribution in [2.75, 3.05) is 4.90 Å². The van der Waals surface area contributed by atoms with Crippen LogP contribution in [0.1, 0.15) is 38.2 Å². The molecule has 0 bridgehead atoms. The van der Waals surface area contributed by atoms with Gasteiger partial charge in [0.25, 0.3) is 0 Å². The second kappa shape index (κ2) is 5.51. The SMILES string of the molecule is CC1CCC(C(=O)N2c3ccccc3C[C@H]2C(=O)O)CC1. The summed E-state index contributed by atoms with van der Waals surface area (Å²) < 4.78 is 0. The number of fused-ring (bicyclic) bond motifs is 1. The van der Waals surface area contributed by atoms with E-state index in [2.05, 4.69) is 6.92 Å². The number of benzene rings is 1. The van der Waals surface area contributed by atoms with Crippen molar-refractivity contribution in [1.82, 2.24) is 0 Å². The van der Waals surface area contributed by atoms with E-state index in [0.29, 0.717) is 12.3 Å². The zero-order chi connectivity index (χ0) is 15.0. The van der Waals surface area contributed by atoms with Gasteiger partial charge in [0.15, 0.2) is 0 Å². The molecule has 1 saturated carbocycles. The summed E-state index contributed by atoms with van der Waals surface area (Å²) in [5.41, 5.74) is 1.75. The van der Waals surface area contributed by atoms with Crippen LogP contribution in [0.5, 0.6) is 0 Å². The predicted molar refractivity (Wildman–Crippen MR) is 80.2 cm³/mol. The average Bonchev–Trinajstić information content (AvgIpc) is 2.87. The molecule has 1 aliphatic carbocycles. The number of carbonyl (C=O) groups is 2. The van der Waals surface area contributed by atoms with E-state index in [1.54, 1.807) is 4.90 Å². The lowest BCUT2D eigenvalue weighted by Crippen LogP contribution is -2.46. The minimum atomic E-state index is -0.913. The van der Waals surface area contributed by atoms with Crippen molar-refractivity contribution < 1.29 is 14.7 Å². The van der Waals surface area contributed by atoms with Gasteiger partial charge in [-0.2, -0.15) is 0 Å². The van der Waals surface area contributed by atoms with Gasteiger partial charge in [0.2, 0.25) is 5.91 Å². The van der Waals surface area contributed by atoms with Gasteiger partial charge in [-0.25, -0.2) is 4.79 Å². The van der Waals surface area contributed by atoms with Gasteiger partial charge in [-0.1, -0.05) is 25.1 Å². The van der Waals surface area contributed by atoms with Crippen LogP contribution in [0.3, 0.4) is 0 Å². The molecule has 1 fully saturated rings. The van der Waals surface area contributed by atoms with E-state index in [1.807, 2.05) is 24.3 Å². The molecule has 1 aliphatic heterocycles. The Morgan fingerprint density at radius 1 is 1.14 bits per heavy atom. The molecule has 4 heteroatoms. The van der Waals surface area contributed by atoms with Crippen molar-refractivity contribution in [2.45, 2.75) is 45.1 Å². The summed E-state index contributed by atoms with van der Waals surface area (Å²) in [6, 6.07) is 6.80. The van der Waals surface area contributed by atoms with Gasteiger partial charge in [-0.15, -0.1) is 0 Å². The molecule has 21 heavy (non-hydrogen) atoms. The van der Waals surface area contributed by atoms with E-state index in [0.717, 1.165) is 36.9 Å². The number of carboxylic acid groups (broad SMARTS) is 1. The van der Waals surface area contributed by atoms with Crippen LogP contribution in [0.2, 0.25) is 0 Å². The number of carboxylic acids is 1. The molecule has 1 heterocycles. The second-order valence-corrected chi connectivity index (χ2v) is 6.35. The Bertz CT molecular complexity index is 561. The van der Waals surface area contributed by atoms with Gasteiger partial charge < -0.3 is 5.11 Å². The average molecular weight is 287 g/mol. The highest BCUT2D eigenvalue weighted by Crippen LogP contribution is 2.36. The van der Waals surface area contributed by atoms with Gasteiger partial charge in [-0.05, 0) is 43.2 Å². The molecule has 1 aromatic rings. The minimum absolute atomic E-state index is 0.000694. The maximum atomic E-state index is 12.8. The highest BCUT2D eigenvalue weighted by Gasteiger charge is 2.41. The molecule has 0 saturated heterocycles. The lowest BCUT2D eigenvalue weighted by molar-refractivity contribution is -0.140. The largest absolute Gasteiger partial charge is 0.480 e. The Balaban J connectivity index is 1.87. The van der Waals surface area contributed by atoms with Gasteiger partial charge in [0, 0.05) is 18.0 Å². The Hall–Kier alpha value is -1.84. The molecule has 1 N–H and O–H groups in total. The van der Waals surface area contributed by atoms with Crippen molar-refractivity contribution in [2.24, 2.45) is 11.8 Å². The van der Waals surface area contributed by atoms with Gasteiger partial charge in [0.1, 0.15) is 6.04 Å². The molecule has 0 spiro atoms. The van der Waals surface area contributed by atoms with Crippen molar-refractivity contribution in [3.63, 3.8) is 0 Å². The fourth-order valence-corrected chi connectivity index (χ4v) is 3.56. The third kappa shape index (κ3) is 2.55. The number of aliphatic carboxylic acids is 1. The molecular formula is C17H21NO3. The number of para-hydroxylation sites is 1.